The zero-order valence-electron chi connectivity index (χ0n) is 11.3. The fourth-order valence-electron chi connectivity index (χ4n) is 1.92. The molecule has 7 nitrogen and oxygen atoms in total. The van der Waals surface area contributed by atoms with Crippen LogP contribution in [-0.2, 0) is 6.42 Å². The van der Waals surface area contributed by atoms with E-state index in [0.717, 1.165) is 4.70 Å². The fourth-order valence-corrected chi connectivity index (χ4v) is 2.92. The zero-order valence-corrected chi connectivity index (χ0v) is 12.1. The molecule has 108 valence electrons. The van der Waals surface area contributed by atoms with Gasteiger partial charge in [0, 0.05) is 19.2 Å². The number of anilines is 1. The van der Waals surface area contributed by atoms with Crippen LogP contribution in [-0.4, -0.2) is 27.6 Å². The van der Waals surface area contributed by atoms with Gasteiger partial charge in [-0.3, -0.25) is 9.78 Å². The molecule has 0 bridgehead atoms. The van der Waals surface area contributed by atoms with E-state index in [1.807, 2.05) is 12.1 Å². The molecule has 0 radical (unpaired) electrons. The van der Waals surface area contributed by atoms with Crippen LogP contribution in [0.2, 0.25) is 0 Å². The van der Waals surface area contributed by atoms with Crippen LogP contribution in [0.4, 0.5) is 5.69 Å². The molecule has 1 amide bonds. The standard InChI is InChI=1S/C13H13N5O2S/c1-7-17-9(20-18-7)4-6-16-13(19)12-10(14)11-8(21-12)3-2-5-15-11/h2-3,5H,4,6,14H2,1H3,(H,16,19). The van der Waals surface area contributed by atoms with Crippen molar-refractivity contribution in [2.75, 3.05) is 12.3 Å². The molecule has 0 aliphatic heterocycles. The predicted octanol–water partition coefficient (Wildman–Crippen LogP) is 1.54. The summed E-state index contributed by atoms with van der Waals surface area (Å²) in [5, 5.41) is 6.48. The molecule has 8 heteroatoms. The van der Waals surface area contributed by atoms with Gasteiger partial charge in [-0.2, -0.15) is 4.98 Å². The van der Waals surface area contributed by atoms with E-state index in [4.69, 9.17) is 10.3 Å². The second-order valence-corrected chi connectivity index (χ2v) is 5.49. The van der Waals surface area contributed by atoms with Gasteiger partial charge in [0.05, 0.1) is 10.4 Å². The molecule has 3 heterocycles. The summed E-state index contributed by atoms with van der Waals surface area (Å²) in [6, 6.07) is 3.71. The van der Waals surface area contributed by atoms with E-state index >= 15 is 0 Å². The van der Waals surface area contributed by atoms with E-state index in [-0.39, 0.29) is 5.91 Å². The first-order chi connectivity index (χ1) is 10.1. The topological polar surface area (TPSA) is 107 Å². The number of hydrogen-bond donors (Lipinski definition) is 2. The molecule has 0 aliphatic carbocycles. The van der Waals surface area contributed by atoms with Gasteiger partial charge in [-0.05, 0) is 19.1 Å². The molecule has 0 unspecified atom stereocenters. The third-order valence-electron chi connectivity index (χ3n) is 2.88. The Morgan fingerprint density at radius 1 is 1.52 bits per heavy atom. The molecule has 3 aromatic heterocycles. The van der Waals surface area contributed by atoms with E-state index < -0.39 is 0 Å². The van der Waals surface area contributed by atoms with E-state index in [0.29, 0.717) is 40.8 Å². The minimum Gasteiger partial charge on any atom is -0.396 e. The van der Waals surface area contributed by atoms with Crippen molar-refractivity contribution in [2.24, 2.45) is 0 Å². The number of nitrogens with zero attached hydrogens (tertiary/aromatic N) is 3. The molecule has 0 aromatic carbocycles. The molecule has 21 heavy (non-hydrogen) atoms. The maximum Gasteiger partial charge on any atom is 0.263 e. The Hall–Kier alpha value is -2.48. The number of carbonyl (C=O) groups is 1. The van der Waals surface area contributed by atoms with Gasteiger partial charge in [-0.1, -0.05) is 5.16 Å². The van der Waals surface area contributed by atoms with Crippen molar-refractivity contribution in [1.29, 1.82) is 0 Å². The average molecular weight is 303 g/mol. The number of nitrogens with one attached hydrogen (secondary N) is 1. The number of nitrogen functional groups attached to an aromatic ring is 1. The van der Waals surface area contributed by atoms with E-state index in [1.165, 1.54) is 11.3 Å². The fraction of sp³-hybridized carbons (Fsp3) is 0.231. The van der Waals surface area contributed by atoms with Crippen LogP contribution in [0.3, 0.4) is 0 Å². The molecule has 3 aromatic rings. The van der Waals surface area contributed by atoms with Crippen molar-refractivity contribution >= 4 is 33.1 Å². The Balaban J connectivity index is 1.68. The first-order valence-corrected chi connectivity index (χ1v) is 7.17. The van der Waals surface area contributed by atoms with Crippen molar-refractivity contribution in [3.8, 4) is 0 Å². The van der Waals surface area contributed by atoms with Gasteiger partial charge >= 0.3 is 0 Å². The number of thiophene rings is 1. The van der Waals surface area contributed by atoms with Gasteiger partial charge < -0.3 is 15.6 Å². The third kappa shape index (κ3) is 2.70. The summed E-state index contributed by atoms with van der Waals surface area (Å²) in [5.74, 6) is 0.863. The summed E-state index contributed by atoms with van der Waals surface area (Å²) in [6.07, 6.45) is 2.14. The van der Waals surface area contributed by atoms with Gasteiger partial charge in [-0.25, -0.2) is 0 Å². The van der Waals surface area contributed by atoms with Gasteiger partial charge in [0.2, 0.25) is 5.89 Å². The van der Waals surface area contributed by atoms with Crippen LogP contribution in [0.1, 0.15) is 21.4 Å². The normalized spacial score (nSPS) is 10.9. The number of amides is 1. The largest absolute Gasteiger partial charge is 0.396 e. The molecule has 0 saturated carbocycles. The van der Waals surface area contributed by atoms with Crippen molar-refractivity contribution in [1.82, 2.24) is 20.4 Å². The van der Waals surface area contributed by atoms with Crippen molar-refractivity contribution in [3.05, 3.63) is 34.9 Å². The highest BCUT2D eigenvalue weighted by molar-refractivity contribution is 7.21. The summed E-state index contributed by atoms with van der Waals surface area (Å²) in [5.41, 5.74) is 7.06. The number of nitrogens with two attached hydrogens (primary N) is 1. The predicted molar refractivity (Wildman–Crippen MR) is 79.1 cm³/mol. The zero-order chi connectivity index (χ0) is 14.8. The highest BCUT2D eigenvalue weighted by atomic mass is 32.1. The van der Waals surface area contributed by atoms with Gasteiger partial charge in [0.25, 0.3) is 5.91 Å². The molecule has 0 aliphatic rings. The Labute approximate surface area is 124 Å². The summed E-state index contributed by atoms with van der Waals surface area (Å²) in [6.45, 7) is 2.15. The Morgan fingerprint density at radius 3 is 3.10 bits per heavy atom. The number of carbonyl (C=O) groups excluding carboxylic acids is 1. The van der Waals surface area contributed by atoms with E-state index in [2.05, 4.69) is 20.4 Å². The lowest BCUT2D eigenvalue weighted by Gasteiger charge is -2.01. The number of aryl methyl sites for hydroxylation is 1. The minimum absolute atomic E-state index is 0.216. The monoisotopic (exact) mass is 303 g/mol. The van der Waals surface area contributed by atoms with Crippen molar-refractivity contribution in [3.63, 3.8) is 0 Å². The molecule has 0 saturated heterocycles. The lowest BCUT2D eigenvalue weighted by Crippen LogP contribution is -2.25. The first kappa shape index (κ1) is 13.5. The second-order valence-electron chi connectivity index (χ2n) is 4.44. The average Bonchev–Trinajstić information content (AvgIpc) is 3.03. The second kappa shape index (κ2) is 5.49. The SMILES string of the molecule is Cc1noc(CCNC(=O)c2sc3cccnc3c2N)n1. The van der Waals surface area contributed by atoms with Gasteiger partial charge in [-0.15, -0.1) is 11.3 Å². The molecule has 0 spiro atoms. The maximum absolute atomic E-state index is 12.2. The third-order valence-corrected chi connectivity index (χ3v) is 4.04. The Kier molecular flexibility index (Phi) is 3.53. The van der Waals surface area contributed by atoms with Crippen molar-refractivity contribution in [2.45, 2.75) is 13.3 Å². The lowest BCUT2D eigenvalue weighted by atomic mass is 10.3. The molecule has 0 atom stereocenters. The van der Waals surface area contributed by atoms with Crippen LogP contribution in [0.25, 0.3) is 10.2 Å². The van der Waals surface area contributed by atoms with Gasteiger partial charge in [0.15, 0.2) is 5.82 Å². The van der Waals surface area contributed by atoms with Crippen LogP contribution >= 0.6 is 11.3 Å². The smallest absolute Gasteiger partial charge is 0.263 e. The molecular weight excluding hydrogens is 290 g/mol. The summed E-state index contributed by atoms with van der Waals surface area (Å²) in [7, 11) is 0. The molecular formula is C13H13N5O2S. The van der Waals surface area contributed by atoms with Crippen molar-refractivity contribution < 1.29 is 9.32 Å². The lowest BCUT2D eigenvalue weighted by molar-refractivity contribution is 0.0958. The molecule has 0 fully saturated rings. The highest BCUT2D eigenvalue weighted by Gasteiger charge is 2.16. The number of aromatic nitrogens is 3. The van der Waals surface area contributed by atoms with Crippen LogP contribution in [0.5, 0.6) is 0 Å². The van der Waals surface area contributed by atoms with Crippen LogP contribution in [0.15, 0.2) is 22.9 Å². The van der Waals surface area contributed by atoms with E-state index in [1.54, 1.807) is 13.1 Å². The number of pyridine rings is 1. The summed E-state index contributed by atoms with van der Waals surface area (Å²) >= 11 is 1.33. The number of hydrogen-bond acceptors (Lipinski definition) is 7. The molecule has 3 N–H and O–H groups in total. The summed E-state index contributed by atoms with van der Waals surface area (Å²) < 4.78 is 5.88. The molecule has 3 rings (SSSR count). The maximum atomic E-state index is 12.2. The van der Waals surface area contributed by atoms with Crippen LogP contribution in [0, 0.1) is 6.92 Å². The highest BCUT2D eigenvalue weighted by Crippen LogP contribution is 2.31. The number of fused-ring (bicyclic) bond motifs is 1. The number of rotatable bonds is 4. The van der Waals surface area contributed by atoms with Gasteiger partial charge in [0.1, 0.15) is 10.4 Å². The van der Waals surface area contributed by atoms with E-state index in [9.17, 15) is 4.79 Å². The quantitative estimate of drug-likeness (QED) is 0.757. The Bertz CT molecular complexity index is 795. The Morgan fingerprint density at radius 2 is 2.38 bits per heavy atom. The van der Waals surface area contributed by atoms with Crippen LogP contribution < -0.4 is 11.1 Å². The first-order valence-electron chi connectivity index (χ1n) is 6.35. The summed E-state index contributed by atoms with van der Waals surface area (Å²) in [4.78, 5) is 20.9. The minimum atomic E-state index is -0.216.